The van der Waals surface area contributed by atoms with Gasteiger partial charge in [-0.05, 0) is 74.2 Å². The maximum atomic E-state index is 13.2. The van der Waals surface area contributed by atoms with E-state index in [0.29, 0.717) is 16.6 Å². The van der Waals surface area contributed by atoms with Crippen molar-refractivity contribution in [2.24, 2.45) is 11.8 Å². The number of nitrogens with zero attached hydrogens (tertiary/aromatic N) is 3. The number of anilines is 2. The molecule has 1 aliphatic carbocycles. The number of hydrogen-bond donors (Lipinski definition) is 2. The average Bonchev–Trinajstić information content (AvgIpc) is 2.87. The Labute approximate surface area is 210 Å². The number of benzene rings is 2. The number of carbonyl (C=O) groups excluding carboxylic acids is 1. The molecule has 0 atom stereocenters. The molecule has 2 aromatic carbocycles. The fourth-order valence-corrected chi connectivity index (χ4v) is 5.59. The average molecular weight is 496 g/mol. The molecule has 2 N–H and O–H groups in total. The molecule has 0 radical (unpaired) electrons. The highest BCUT2D eigenvalue weighted by Crippen LogP contribution is 2.31. The number of hydrogen-bond acceptors (Lipinski definition) is 5. The van der Waals surface area contributed by atoms with Crippen LogP contribution < -0.4 is 10.2 Å². The van der Waals surface area contributed by atoms with E-state index in [9.17, 15) is 4.79 Å². The first-order chi connectivity index (χ1) is 16.6. The van der Waals surface area contributed by atoms with Gasteiger partial charge in [-0.3, -0.25) is 4.79 Å². The third-order valence-corrected chi connectivity index (χ3v) is 7.58. The van der Waals surface area contributed by atoms with Gasteiger partial charge in [-0.2, -0.15) is 0 Å². The highest BCUT2D eigenvalue weighted by Gasteiger charge is 2.31. The predicted octanol–water partition coefficient (Wildman–Crippen LogP) is 5.51. The van der Waals surface area contributed by atoms with E-state index in [2.05, 4.69) is 37.2 Å². The van der Waals surface area contributed by atoms with Crippen molar-refractivity contribution in [3.05, 3.63) is 58.3 Å². The Morgan fingerprint density at radius 2 is 1.82 bits per heavy atom. The molecule has 5 rings (SSSR count). The molecule has 2 aliphatic rings. The van der Waals surface area contributed by atoms with Crippen LogP contribution in [-0.4, -0.2) is 53.5 Å². The highest BCUT2D eigenvalue weighted by atomic mass is 35.5. The van der Waals surface area contributed by atoms with Crippen LogP contribution in [0.3, 0.4) is 0 Å². The van der Waals surface area contributed by atoms with E-state index in [-0.39, 0.29) is 5.92 Å². The number of halogens is 1. The first-order valence-corrected chi connectivity index (χ1v) is 12.9. The summed E-state index contributed by atoms with van der Waals surface area (Å²) in [5, 5.41) is 5.33. The van der Waals surface area contributed by atoms with Crippen LogP contribution in [0.4, 0.5) is 11.5 Å². The van der Waals surface area contributed by atoms with Crippen molar-refractivity contribution in [2.75, 3.05) is 42.9 Å². The number of amides is 1. The Morgan fingerprint density at radius 1 is 1.06 bits per heavy atom. The van der Waals surface area contributed by atoms with Crippen molar-refractivity contribution >= 4 is 52.1 Å². The third kappa shape index (κ3) is 5.20. The standard InChI is InChI=1S/C26H30ClN5OS/c27-20-4-3-5-21(16-20)31-12-14-32(15-13-31)25(33)19-10-8-18(9-11-19)17-28-24-22-6-1-2-7-23(22)29-26(34)30-24/h1-7,16,18-19H,8-15,17H2,(H2,28,29,30,34). The molecule has 1 aliphatic heterocycles. The van der Waals surface area contributed by atoms with E-state index in [4.69, 9.17) is 23.8 Å². The van der Waals surface area contributed by atoms with Gasteiger partial charge < -0.3 is 20.1 Å². The number of carbonyl (C=O) groups is 1. The predicted molar refractivity (Wildman–Crippen MR) is 141 cm³/mol. The first kappa shape index (κ1) is 23.1. The molecule has 6 nitrogen and oxygen atoms in total. The van der Waals surface area contributed by atoms with Gasteiger partial charge in [-0.15, -0.1) is 0 Å². The molecule has 2 heterocycles. The number of piperazine rings is 1. The van der Waals surface area contributed by atoms with Crippen LogP contribution in [-0.2, 0) is 4.79 Å². The molecule has 0 unspecified atom stereocenters. The molecule has 178 valence electrons. The van der Waals surface area contributed by atoms with E-state index in [0.717, 1.165) is 85.8 Å². The van der Waals surface area contributed by atoms with Crippen molar-refractivity contribution in [1.29, 1.82) is 0 Å². The molecule has 2 fully saturated rings. The van der Waals surface area contributed by atoms with Gasteiger partial charge in [0.15, 0.2) is 4.77 Å². The van der Waals surface area contributed by atoms with Gasteiger partial charge >= 0.3 is 0 Å². The zero-order valence-corrected chi connectivity index (χ0v) is 20.7. The summed E-state index contributed by atoms with van der Waals surface area (Å²) in [6.07, 6.45) is 4.04. The lowest BCUT2D eigenvalue weighted by atomic mass is 9.81. The van der Waals surface area contributed by atoms with Crippen LogP contribution in [0.5, 0.6) is 0 Å². The summed E-state index contributed by atoms with van der Waals surface area (Å²) in [5.41, 5.74) is 2.13. The molecule has 1 aromatic heterocycles. The molecule has 1 amide bonds. The van der Waals surface area contributed by atoms with Crippen LogP contribution in [0.25, 0.3) is 10.9 Å². The zero-order chi connectivity index (χ0) is 23.5. The summed E-state index contributed by atoms with van der Waals surface area (Å²) >= 11 is 11.4. The van der Waals surface area contributed by atoms with Crippen molar-refractivity contribution < 1.29 is 4.79 Å². The van der Waals surface area contributed by atoms with Gasteiger partial charge in [0.2, 0.25) is 5.91 Å². The second kappa shape index (κ2) is 10.3. The van der Waals surface area contributed by atoms with Gasteiger partial charge in [0.1, 0.15) is 5.82 Å². The second-order valence-corrected chi connectivity index (χ2v) is 10.2. The maximum Gasteiger partial charge on any atom is 0.225 e. The van der Waals surface area contributed by atoms with Gasteiger partial charge in [0, 0.05) is 54.7 Å². The smallest absolute Gasteiger partial charge is 0.225 e. The van der Waals surface area contributed by atoms with Crippen LogP contribution in [0.15, 0.2) is 48.5 Å². The molecule has 1 saturated carbocycles. The zero-order valence-electron chi connectivity index (χ0n) is 19.2. The Balaban J connectivity index is 1.11. The molecule has 3 aromatic rings. The molecule has 1 saturated heterocycles. The topological polar surface area (TPSA) is 64.3 Å². The summed E-state index contributed by atoms with van der Waals surface area (Å²) in [7, 11) is 0. The fraction of sp³-hybridized carbons (Fsp3) is 0.423. The van der Waals surface area contributed by atoms with Crippen molar-refractivity contribution in [1.82, 2.24) is 14.9 Å². The van der Waals surface area contributed by atoms with E-state index in [1.54, 1.807) is 0 Å². The van der Waals surface area contributed by atoms with E-state index < -0.39 is 0 Å². The minimum absolute atomic E-state index is 0.151. The summed E-state index contributed by atoms with van der Waals surface area (Å²) < 4.78 is 0.492. The number of aromatic amines is 1. The number of rotatable bonds is 5. The maximum absolute atomic E-state index is 13.2. The van der Waals surface area contributed by atoms with Crippen LogP contribution >= 0.6 is 23.8 Å². The number of fused-ring (bicyclic) bond motifs is 1. The molecular weight excluding hydrogens is 466 g/mol. The van der Waals surface area contributed by atoms with Gasteiger partial charge in [0.05, 0.1) is 5.52 Å². The lowest BCUT2D eigenvalue weighted by molar-refractivity contribution is -0.137. The largest absolute Gasteiger partial charge is 0.369 e. The van der Waals surface area contributed by atoms with Gasteiger partial charge in [-0.25, -0.2) is 4.98 Å². The SMILES string of the molecule is O=C(C1CCC(CNc2nc(=S)[nH]c3ccccc23)CC1)N1CCN(c2cccc(Cl)c2)CC1. The lowest BCUT2D eigenvalue weighted by Gasteiger charge is -2.39. The quantitative estimate of drug-likeness (QED) is 0.457. The Bertz CT molecular complexity index is 1220. The van der Waals surface area contributed by atoms with Crippen LogP contribution in [0, 0.1) is 16.6 Å². The van der Waals surface area contributed by atoms with Crippen LogP contribution in [0.1, 0.15) is 25.7 Å². The molecule has 0 bridgehead atoms. The minimum atomic E-state index is 0.151. The fourth-order valence-electron chi connectivity index (χ4n) is 5.21. The van der Waals surface area contributed by atoms with E-state index in [1.807, 2.05) is 36.4 Å². The third-order valence-electron chi connectivity index (χ3n) is 7.16. The highest BCUT2D eigenvalue weighted by molar-refractivity contribution is 7.71. The number of aromatic nitrogens is 2. The number of H-pyrrole nitrogens is 1. The van der Waals surface area contributed by atoms with Crippen molar-refractivity contribution in [2.45, 2.75) is 25.7 Å². The summed E-state index contributed by atoms with van der Waals surface area (Å²) in [6.45, 7) is 4.12. The minimum Gasteiger partial charge on any atom is -0.369 e. The molecule has 0 spiro atoms. The number of nitrogens with one attached hydrogen (secondary N) is 2. The van der Waals surface area contributed by atoms with Gasteiger partial charge in [-0.1, -0.05) is 29.8 Å². The van der Waals surface area contributed by atoms with Crippen LogP contribution in [0.2, 0.25) is 5.02 Å². The Morgan fingerprint density at radius 3 is 2.59 bits per heavy atom. The number of para-hydroxylation sites is 1. The molecule has 34 heavy (non-hydrogen) atoms. The summed E-state index contributed by atoms with van der Waals surface area (Å²) in [5.74, 6) is 1.87. The van der Waals surface area contributed by atoms with Gasteiger partial charge in [0.25, 0.3) is 0 Å². The van der Waals surface area contributed by atoms with E-state index >= 15 is 0 Å². The second-order valence-electron chi connectivity index (χ2n) is 9.33. The monoisotopic (exact) mass is 495 g/mol. The summed E-state index contributed by atoms with van der Waals surface area (Å²) in [6, 6.07) is 16.0. The van der Waals surface area contributed by atoms with Crippen molar-refractivity contribution in [3.63, 3.8) is 0 Å². The van der Waals surface area contributed by atoms with Crippen molar-refractivity contribution in [3.8, 4) is 0 Å². The Kier molecular flexibility index (Phi) is 7.02. The normalized spacial score (nSPS) is 21.0. The lowest BCUT2D eigenvalue weighted by Crippen LogP contribution is -2.50. The first-order valence-electron chi connectivity index (χ1n) is 12.1. The Hall–Kier alpha value is -2.64. The molecular formula is C26H30ClN5OS. The molecule has 8 heteroatoms. The van der Waals surface area contributed by atoms with E-state index in [1.165, 1.54) is 0 Å². The summed E-state index contributed by atoms with van der Waals surface area (Å²) in [4.78, 5) is 25.2.